The molecule has 1 aromatic carbocycles. The normalized spacial score (nSPS) is 13.0. The molecule has 1 rings (SSSR count). The Hall–Kier alpha value is 0.415. The van der Waals surface area contributed by atoms with E-state index in [4.69, 9.17) is 0 Å². The molecule has 0 nitrogen and oxygen atoms in total. The molecule has 0 spiro atoms. The molecule has 1 unspecified atom stereocenters. The molecule has 0 aliphatic heterocycles. The van der Waals surface area contributed by atoms with E-state index in [2.05, 4.69) is 65.8 Å². The molecule has 0 heterocycles. The van der Waals surface area contributed by atoms with E-state index in [1.165, 1.54) is 23.5 Å². The van der Waals surface area contributed by atoms with E-state index in [1.807, 2.05) is 0 Å². The van der Waals surface area contributed by atoms with Crippen LogP contribution < -0.4 is 0 Å². The zero-order valence-corrected chi connectivity index (χ0v) is 8.09. The van der Waals surface area contributed by atoms with Crippen LogP contribution in [0.4, 0.5) is 0 Å². The third-order valence-corrected chi connectivity index (χ3v) is 2.21. The molecular weight excluding hydrogens is 134 g/mol. The van der Waals surface area contributed by atoms with Crippen molar-refractivity contribution >= 4 is 35.4 Å². The zero-order chi connectivity index (χ0) is 8.81. The third-order valence-electron chi connectivity index (χ3n) is 2.21. The van der Waals surface area contributed by atoms with Gasteiger partial charge in [-0.3, -0.25) is 0 Å². The molecule has 0 saturated heterocycles. The number of hydrogen-bond acceptors (Lipinski definition) is 0. The first-order valence-corrected chi connectivity index (χ1v) is 4.87. The zero-order valence-electron chi connectivity index (χ0n) is 8.09. The van der Waals surface area contributed by atoms with Gasteiger partial charge in [0.1, 0.15) is 0 Å². The second-order valence-corrected chi connectivity index (χ2v) is 3.58. The molecule has 0 saturated carbocycles. The molecule has 12 heavy (non-hydrogen) atoms. The molecule has 0 fully saturated rings. The summed E-state index contributed by atoms with van der Waals surface area (Å²) in [4.78, 5) is 0. The molecule has 0 aliphatic carbocycles. The summed E-state index contributed by atoms with van der Waals surface area (Å²) < 4.78 is 0.831. The average Bonchev–Trinajstić information content (AvgIpc) is 2.06. The minimum atomic E-state index is 0.831. The van der Waals surface area contributed by atoms with Crippen molar-refractivity contribution in [1.82, 2.24) is 0 Å². The molecule has 54 valence electrons. The summed E-state index contributed by atoms with van der Waals surface area (Å²) in [6.07, 6.45) is 2.57. The monoisotopic (exact) mass is 146 g/mol. The Balaban J connectivity index is 2.41. The van der Waals surface area contributed by atoms with Gasteiger partial charge in [0.05, 0.1) is 0 Å². The van der Waals surface area contributed by atoms with Gasteiger partial charge in [0.15, 0.2) is 0 Å². The molecule has 0 aliphatic rings. The van der Waals surface area contributed by atoms with Crippen LogP contribution in [0.1, 0.15) is 12.0 Å². The van der Waals surface area contributed by atoms with Gasteiger partial charge in [-0.2, -0.15) is 0 Å². The van der Waals surface area contributed by atoms with Gasteiger partial charge in [0.2, 0.25) is 0 Å². The maximum atomic E-state index is 2.33. The van der Waals surface area contributed by atoms with Gasteiger partial charge in [-0.15, -0.1) is 0 Å². The van der Waals surface area contributed by atoms with Gasteiger partial charge >= 0.3 is 93.9 Å². The molecular formula is C10H12Li2. The van der Waals surface area contributed by atoms with E-state index in [0.717, 1.165) is 4.59 Å². The summed E-state index contributed by atoms with van der Waals surface area (Å²) in [6, 6.07) is 10.7. The molecule has 0 N–H and O–H groups in total. The van der Waals surface area contributed by atoms with Crippen molar-refractivity contribution in [3.05, 3.63) is 35.9 Å². The van der Waals surface area contributed by atoms with Gasteiger partial charge in [-0.05, 0) is 0 Å². The summed E-state index contributed by atoms with van der Waals surface area (Å²) in [7, 11) is 0. The van der Waals surface area contributed by atoms with E-state index in [9.17, 15) is 0 Å². The van der Waals surface area contributed by atoms with Crippen LogP contribution in [0.5, 0.6) is 0 Å². The molecule has 2 heteroatoms. The van der Waals surface area contributed by atoms with Crippen LogP contribution >= 0.6 is 0 Å². The molecule has 0 radical (unpaired) electrons. The van der Waals surface area contributed by atoms with Crippen LogP contribution in [-0.2, 0) is 6.42 Å². The molecule has 0 aromatic heterocycles. The quantitative estimate of drug-likeness (QED) is 0.571. The van der Waals surface area contributed by atoms with Crippen LogP contribution in [0.25, 0.3) is 0 Å². The third kappa shape index (κ3) is 3.89. The molecule has 1 aromatic rings. The topological polar surface area (TPSA) is 0 Å². The molecule has 1 atom stereocenters. The fourth-order valence-electron chi connectivity index (χ4n) is 1.61. The first-order valence-electron chi connectivity index (χ1n) is 4.87. The van der Waals surface area contributed by atoms with E-state index in [0.29, 0.717) is 0 Å². The van der Waals surface area contributed by atoms with Gasteiger partial charge < -0.3 is 0 Å². The number of benzene rings is 1. The second-order valence-electron chi connectivity index (χ2n) is 3.58. The van der Waals surface area contributed by atoms with Crippen molar-refractivity contribution in [1.29, 1.82) is 0 Å². The summed E-state index contributed by atoms with van der Waals surface area (Å²) in [6.45, 7) is 0. The maximum absolute atomic E-state index is 2.33. The minimum absolute atomic E-state index is 0.831. The predicted octanol–water partition coefficient (Wildman–Crippen LogP) is 2.16. The Labute approximate surface area is 93.5 Å². The van der Waals surface area contributed by atoms with Crippen molar-refractivity contribution in [2.45, 2.75) is 22.5 Å². The van der Waals surface area contributed by atoms with Gasteiger partial charge in [0, 0.05) is 0 Å². The van der Waals surface area contributed by atoms with Gasteiger partial charge in [-0.25, -0.2) is 0 Å². The fourth-order valence-corrected chi connectivity index (χ4v) is 1.61. The van der Waals surface area contributed by atoms with Crippen LogP contribution in [0, 0.1) is 0 Å². The standard InChI is InChI=1S/C10H12.2Li/c1-2-3-7-10-8-5-4-6-9-10;;/h3-6,8-9H,1-2,7H2;;. The van der Waals surface area contributed by atoms with E-state index in [1.54, 1.807) is 0 Å². The van der Waals surface area contributed by atoms with Crippen LogP contribution in [0.2, 0.25) is 9.68 Å². The predicted molar refractivity (Wildman–Crippen MR) is 54.8 cm³/mol. The summed E-state index contributed by atoms with van der Waals surface area (Å²) in [5, 5.41) is 1.30. The van der Waals surface area contributed by atoms with Gasteiger partial charge in [0.25, 0.3) is 0 Å². The van der Waals surface area contributed by atoms with E-state index >= 15 is 0 Å². The van der Waals surface area contributed by atoms with E-state index < -0.39 is 0 Å². The van der Waals surface area contributed by atoms with Crippen LogP contribution in [-0.4, -0.2) is 35.4 Å². The Morgan fingerprint density at radius 1 is 1.17 bits per heavy atom. The number of hydrogen-bond donors (Lipinski definition) is 0. The average molecular weight is 146 g/mol. The Bertz CT molecular complexity index is 208. The Morgan fingerprint density at radius 2 is 1.83 bits per heavy atom. The summed E-state index contributed by atoms with van der Waals surface area (Å²) in [5.41, 5.74) is 1.47. The van der Waals surface area contributed by atoms with Crippen LogP contribution in [0.3, 0.4) is 0 Å². The van der Waals surface area contributed by atoms with Crippen molar-refractivity contribution in [2.75, 3.05) is 0 Å². The Kier molecular flexibility index (Phi) is 5.21. The van der Waals surface area contributed by atoms with Crippen LogP contribution in [0.15, 0.2) is 30.3 Å². The Morgan fingerprint density at radius 3 is 2.42 bits per heavy atom. The number of rotatable bonds is 4. The molecule has 0 bridgehead atoms. The molecule has 0 amide bonds. The summed E-state index contributed by atoms with van der Waals surface area (Å²) in [5.74, 6) is 0. The van der Waals surface area contributed by atoms with Crippen molar-refractivity contribution in [2.24, 2.45) is 0 Å². The SMILES string of the molecule is [Li][CH2]C[CH]([Li])Cc1ccccc1. The summed E-state index contributed by atoms with van der Waals surface area (Å²) >= 11 is 4.58. The van der Waals surface area contributed by atoms with Crippen molar-refractivity contribution in [3.63, 3.8) is 0 Å². The second kappa shape index (κ2) is 5.96. The first kappa shape index (κ1) is 10.5. The fraction of sp³-hybridized carbons (Fsp3) is 0.400. The van der Waals surface area contributed by atoms with E-state index in [-0.39, 0.29) is 0 Å². The first-order chi connectivity index (χ1) is 5.83. The van der Waals surface area contributed by atoms with Crippen molar-refractivity contribution < 1.29 is 0 Å². The van der Waals surface area contributed by atoms with Crippen molar-refractivity contribution in [3.8, 4) is 0 Å². The van der Waals surface area contributed by atoms with Gasteiger partial charge in [-0.1, -0.05) is 0 Å².